The average molecular weight is 457 g/mol. The lowest BCUT2D eigenvalue weighted by molar-refractivity contribution is -0.138. The number of carbonyl (C=O) groups is 3. The van der Waals surface area contributed by atoms with Crippen molar-refractivity contribution in [1.29, 1.82) is 0 Å². The predicted molar refractivity (Wildman–Crippen MR) is 130 cm³/mol. The molecule has 2 N–H and O–H groups in total. The van der Waals surface area contributed by atoms with Crippen LogP contribution in [0.3, 0.4) is 0 Å². The van der Waals surface area contributed by atoms with E-state index in [-0.39, 0.29) is 12.3 Å². The molecule has 0 aliphatic carbocycles. The second kappa shape index (κ2) is 12.3. The highest BCUT2D eigenvalue weighted by atomic mass is 32.2. The number of nitrogens with one attached hydrogen (secondary N) is 1. The van der Waals surface area contributed by atoms with Crippen LogP contribution >= 0.6 is 11.8 Å². The van der Waals surface area contributed by atoms with Gasteiger partial charge in [0.25, 0.3) is 5.91 Å². The summed E-state index contributed by atoms with van der Waals surface area (Å²) < 4.78 is 0. The summed E-state index contributed by atoms with van der Waals surface area (Å²) in [6.45, 7) is 8.17. The number of aliphatic carboxylic acids is 1. The van der Waals surface area contributed by atoms with Crippen molar-refractivity contribution in [2.45, 2.75) is 40.2 Å². The largest absolute Gasteiger partial charge is 0.480 e. The lowest BCUT2D eigenvalue weighted by Crippen LogP contribution is -2.51. The van der Waals surface area contributed by atoms with Gasteiger partial charge in [0.1, 0.15) is 6.04 Å². The standard InChI is InChI=1S/C25H32N2O4S/c1-5-13-27(25(31)26-22(24(29)30)16-32-15-17(2)3)23(28)20-11-8-10-19(14-20)21-12-7-6-9-18(21)4/h6-12,14,17,22H,5,13,15-16H2,1-4H3,(H,26,31)(H,29,30)/t22-/m0/s1. The lowest BCUT2D eigenvalue weighted by atomic mass is 9.98. The molecule has 0 saturated heterocycles. The van der Waals surface area contributed by atoms with Crippen LogP contribution < -0.4 is 5.32 Å². The Morgan fingerprint density at radius 3 is 2.41 bits per heavy atom. The number of urea groups is 1. The molecule has 7 heteroatoms. The molecule has 172 valence electrons. The third-order valence-corrected chi connectivity index (χ3v) is 6.31. The van der Waals surface area contributed by atoms with Gasteiger partial charge in [0.05, 0.1) is 0 Å². The first kappa shape index (κ1) is 25.5. The van der Waals surface area contributed by atoms with Crippen LogP contribution in [0.25, 0.3) is 11.1 Å². The van der Waals surface area contributed by atoms with E-state index in [9.17, 15) is 19.5 Å². The van der Waals surface area contributed by atoms with Crippen molar-refractivity contribution < 1.29 is 19.5 Å². The molecular weight excluding hydrogens is 424 g/mol. The molecule has 0 unspecified atom stereocenters. The number of hydrogen-bond donors (Lipinski definition) is 2. The van der Waals surface area contributed by atoms with E-state index >= 15 is 0 Å². The summed E-state index contributed by atoms with van der Waals surface area (Å²) in [5.74, 6) is -0.0956. The van der Waals surface area contributed by atoms with Crippen molar-refractivity contribution in [3.63, 3.8) is 0 Å². The van der Waals surface area contributed by atoms with E-state index in [1.807, 2.05) is 58.0 Å². The van der Waals surface area contributed by atoms with Crippen molar-refractivity contribution in [3.8, 4) is 11.1 Å². The summed E-state index contributed by atoms with van der Waals surface area (Å²) in [6.07, 6.45) is 0.566. The maximum atomic E-state index is 13.2. The van der Waals surface area contributed by atoms with Gasteiger partial charge in [-0.15, -0.1) is 0 Å². The molecule has 32 heavy (non-hydrogen) atoms. The van der Waals surface area contributed by atoms with Crippen molar-refractivity contribution >= 4 is 29.7 Å². The smallest absolute Gasteiger partial charge is 0.327 e. The minimum Gasteiger partial charge on any atom is -0.480 e. The number of aryl methyl sites for hydroxylation is 1. The van der Waals surface area contributed by atoms with E-state index in [2.05, 4.69) is 5.32 Å². The molecule has 0 fully saturated rings. The number of nitrogens with zero attached hydrogens (tertiary/aromatic N) is 1. The van der Waals surface area contributed by atoms with E-state index < -0.39 is 23.9 Å². The van der Waals surface area contributed by atoms with Crippen LogP contribution in [-0.2, 0) is 4.79 Å². The van der Waals surface area contributed by atoms with E-state index in [1.54, 1.807) is 18.2 Å². The number of hydrogen-bond acceptors (Lipinski definition) is 4. The zero-order valence-electron chi connectivity index (χ0n) is 19.1. The van der Waals surface area contributed by atoms with Crippen LogP contribution in [0.5, 0.6) is 0 Å². The summed E-state index contributed by atoms with van der Waals surface area (Å²) in [5, 5.41) is 12.0. The summed E-state index contributed by atoms with van der Waals surface area (Å²) in [7, 11) is 0. The Bertz CT molecular complexity index is 945. The topological polar surface area (TPSA) is 86.7 Å². The Morgan fingerprint density at radius 1 is 1.06 bits per heavy atom. The molecule has 6 nitrogen and oxygen atoms in total. The minimum atomic E-state index is -1.11. The monoisotopic (exact) mass is 456 g/mol. The molecule has 0 saturated carbocycles. The maximum Gasteiger partial charge on any atom is 0.327 e. The van der Waals surface area contributed by atoms with Gasteiger partial charge in [-0.25, -0.2) is 9.59 Å². The molecular formula is C25H32N2O4S. The average Bonchev–Trinajstić information content (AvgIpc) is 2.76. The van der Waals surface area contributed by atoms with Crippen molar-refractivity contribution in [3.05, 3.63) is 59.7 Å². The van der Waals surface area contributed by atoms with E-state index in [4.69, 9.17) is 0 Å². The van der Waals surface area contributed by atoms with Crippen LogP contribution in [0.1, 0.15) is 43.1 Å². The van der Waals surface area contributed by atoms with Gasteiger partial charge in [0.15, 0.2) is 0 Å². The molecule has 1 atom stereocenters. The Hall–Kier alpha value is -2.80. The Kier molecular flexibility index (Phi) is 9.78. The summed E-state index contributed by atoms with van der Waals surface area (Å²) in [5.41, 5.74) is 3.37. The number of carboxylic acids is 1. The van der Waals surface area contributed by atoms with Crippen LogP contribution in [0, 0.1) is 12.8 Å². The zero-order valence-corrected chi connectivity index (χ0v) is 19.9. The summed E-state index contributed by atoms with van der Waals surface area (Å²) >= 11 is 1.47. The first-order valence-electron chi connectivity index (χ1n) is 10.8. The van der Waals surface area contributed by atoms with Crippen molar-refractivity contribution in [1.82, 2.24) is 10.2 Å². The Labute approximate surface area is 194 Å². The van der Waals surface area contributed by atoms with Gasteiger partial charge in [0, 0.05) is 17.9 Å². The number of benzene rings is 2. The quantitative estimate of drug-likeness (QED) is 0.521. The zero-order chi connectivity index (χ0) is 23.7. The molecule has 0 aliphatic heterocycles. The second-order valence-corrected chi connectivity index (χ2v) is 9.20. The number of thioether (sulfide) groups is 1. The van der Waals surface area contributed by atoms with Crippen molar-refractivity contribution in [2.24, 2.45) is 5.92 Å². The van der Waals surface area contributed by atoms with E-state index in [0.717, 1.165) is 27.3 Å². The number of carboxylic acid groups (broad SMARTS) is 1. The maximum absolute atomic E-state index is 13.2. The van der Waals surface area contributed by atoms with Gasteiger partial charge < -0.3 is 10.4 Å². The highest BCUT2D eigenvalue weighted by Crippen LogP contribution is 2.24. The van der Waals surface area contributed by atoms with E-state index in [1.165, 1.54) is 11.8 Å². The number of carbonyl (C=O) groups excluding carboxylic acids is 2. The van der Waals surface area contributed by atoms with Gasteiger partial charge in [-0.2, -0.15) is 11.8 Å². The van der Waals surface area contributed by atoms with E-state index in [0.29, 0.717) is 17.9 Å². The fourth-order valence-corrected chi connectivity index (χ4v) is 4.28. The summed E-state index contributed by atoms with van der Waals surface area (Å²) in [6, 6.07) is 13.3. The molecule has 2 aromatic carbocycles. The highest BCUT2D eigenvalue weighted by Gasteiger charge is 2.27. The Balaban J connectivity index is 2.21. The van der Waals surface area contributed by atoms with Crippen molar-refractivity contribution in [2.75, 3.05) is 18.1 Å². The van der Waals surface area contributed by atoms with Crippen LogP contribution in [0.2, 0.25) is 0 Å². The highest BCUT2D eigenvalue weighted by molar-refractivity contribution is 7.99. The third-order valence-electron chi connectivity index (χ3n) is 4.83. The minimum absolute atomic E-state index is 0.199. The van der Waals surface area contributed by atoms with Crippen LogP contribution in [0.4, 0.5) is 4.79 Å². The number of imide groups is 1. The van der Waals surface area contributed by atoms with Gasteiger partial charge in [-0.05, 0) is 53.8 Å². The fourth-order valence-electron chi connectivity index (χ4n) is 3.21. The second-order valence-electron chi connectivity index (χ2n) is 8.12. The first-order valence-corrected chi connectivity index (χ1v) is 12.0. The Morgan fingerprint density at radius 2 is 1.78 bits per heavy atom. The van der Waals surface area contributed by atoms with Crippen LogP contribution in [-0.4, -0.2) is 52.0 Å². The molecule has 0 aliphatic rings. The number of rotatable bonds is 10. The molecule has 3 amide bonds. The first-order chi connectivity index (χ1) is 15.2. The molecule has 2 aromatic rings. The molecule has 0 radical (unpaired) electrons. The fraction of sp³-hybridized carbons (Fsp3) is 0.400. The van der Waals surface area contributed by atoms with Gasteiger partial charge in [-0.3, -0.25) is 9.69 Å². The number of amides is 3. The molecule has 0 spiro atoms. The van der Waals surface area contributed by atoms with Gasteiger partial charge in [-0.1, -0.05) is 57.2 Å². The third kappa shape index (κ3) is 7.12. The molecule has 2 rings (SSSR count). The van der Waals surface area contributed by atoms with Gasteiger partial charge in [0.2, 0.25) is 0 Å². The SMILES string of the molecule is CCCN(C(=O)N[C@@H](CSCC(C)C)C(=O)O)C(=O)c1cccc(-c2ccccc2C)c1. The van der Waals surface area contributed by atoms with Gasteiger partial charge >= 0.3 is 12.0 Å². The van der Waals surface area contributed by atoms with Crippen LogP contribution in [0.15, 0.2) is 48.5 Å². The molecule has 0 bridgehead atoms. The predicted octanol–water partition coefficient (Wildman–Crippen LogP) is 5.07. The molecule has 0 heterocycles. The lowest BCUT2D eigenvalue weighted by Gasteiger charge is -2.23. The molecule has 0 aromatic heterocycles. The normalized spacial score (nSPS) is 11.8. The summed E-state index contributed by atoms with van der Waals surface area (Å²) in [4.78, 5) is 38.8.